The van der Waals surface area contributed by atoms with Gasteiger partial charge in [0, 0.05) is 24.3 Å². The monoisotopic (exact) mass is 298 g/mol. The Morgan fingerprint density at radius 1 is 1.35 bits per heavy atom. The summed E-state index contributed by atoms with van der Waals surface area (Å²) < 4.78 is 0. The third-order valence-electron chi connectivity index (χ3n) is 4.81. The summed E-state index contributed by atoms with van der Waals surface area (Å²) in [6.07, 6.45) is 7.91. The molecular formula is C15H26N2O2S. The lowest BCUT2D eigenvalue weighted by Crippen LogP contribution is -2.58. The van der Waals surface area contributed by atoms with Crippen LogP contribution in [0.25, 0.3) is 0 Å². The molecule has 1 heterocycles. The highest BCUT2D eigenvalue weighted by molar-refractivity contribution is 7.99. The van der Waals surface area contributed by atoms with E-state index < -0.39 is 5.54 Å². The number of hydrogen-bond donors (Lipinski definition) is 1. The minimum Gasteiger partial charge on any atom is -0.342 e. The SMILES string of the molecule is CCC1(C)NC(=O)CCN(C2CCCCC2SC)C1=O. The van der Waals surface area contributed by atoms with Crippen molar-refractivity contribution in [2.45, 2.75) is 69.2 Å². The number of nitrogens with one attached hydrogen (secondary N) is 1. The van der Waals surface area contributed by atoms with Crippen molar-refractivity contribution in [3.63, 3.8) is 0 Å². The molecule has 2 rings (SSSR count). The molecule has 2 aliphatic rings. The zero-order valence-electron chi connectivity index (χ0n) is 12.8. The van der Waals surface area contributed by atoms with Gasteiger partial charge in [0.2, 0.25) is 11.8 Å². The lowest BCUT2D eigenvalue weighted by atomic mass is 9.90. The van der Waals surface area contributed by atoms with Crippen LogP contribution in [0.5, 0.6) is 0 Å². The highest BCUT2D eigenvalue weighted by Gasteiger charge is 2.43. The molecule has 20 heavy (non-hydrogen) atoms. The molecule has 1 saturated heterocycles. The molecule has 1 saturated carbocycles. The van der Waals surface area contributed by atoms with Gasteiger partial charge in [-0.1, -0.05) is 19.8 Å². The highest BCUT2D eigenvalue weighted by Crippen LogP contribution is 2.33. The Kier molecular flexibility index (Phi) is 4.99. The average Bonchev–Trinajstić information content (AvgIpc) is 2.57. The van der Waals surface area contributed by atoms with Crippen molar-refractivity contribution in [3.8, 4) is 0 Å². The number of thioether (sulfide) groups is 1. The van der Waals surface area contributed by atoms with E-state index in [1.165, 1.54) is 19.3 Å². The summed E-state index contributed by atoms with van der Waals surface area (Å²) in [5.41, 5.74) is -0.728. The summed E-state index contributed by atoms with van der Waals surface area (Å²) in [5.74, 6) is 0.110. The van der Waals surface area contributed by atoms with E-state index in [-0.39, 0.29) is 11.8 Å². The molecule has 3 atom stereocenters. The Hall–Kier alpha value is -0.710. The topological polar surface area (TPSA) is 49.4 Å². The van der Waals surface area contributed by atoms with E-state index in [1.807, 2.05) is 30.5 Å². The second kappa shape index (κ2) is 6.37. The van der Waals surface area contributed by atoms with Crippen LogP contribution in [0.4, 0.5) is 0 Å². The number of hydrogen-bond acceptors (Lipinski definition) is 3. The minimum absolute atomic E-state index is 0.00158. The van der Waals surface area contributed by atoms with E-state index in [2.05, 4.69) is 11.6 Å². The fraction of sp³-hybridized carbons (Fsp3) is 0.867. The van der Waals surface area contributed by atoms with Gasteiger partial charge >= 0.3 is 0 Å². The fourth-order valence-electron chi connectivity index (χ4n) is 3.33. The van der Waals surface area contributed by atoms with Gasteiger partial charge in [-0.05, 0) is 32.4 Å². The molecule has 1 N–H and O–H groups in total. The Morgan fingerprint density at radius 3 is 2.70 bits per heavy atom. The molecule has 4 nitrogen and oxygen atoms in total. The molecule has 5 heteroatoms. The van der Waals surface area contributed by atoms with Gasteiger partial charge < -0.3 is 10.2 Å². The van der Waals surface area contributed by atoms with Crippen LogP contribution in [0.2, 0.25) is 0 Å². The van der Waals surface area contributed by atoms with Crippen LogP contribution in [0.1, 0.15) is 52.4 Å². The molecule has 114 valence electrons. The first-order valence-electron chi connectivity index (χ1n) is 7.66. The molecule has 2 amide bonds. The van der Waals surface area contributed by atoms with Gasteiger partial charge in [0.25, 0.3) is 0 Å². The smallest absolute Gasteiger partial charge is 0.248 e. The van der Waals surface area contributed by atoms with Crippen molar-refractivity contribution in [2.75, 3.05) is 12.8 Å². The first kappa shape index (κ1) is 15.7. The summed E-state index contributed by atoms with van der Waals surface area (Å²) in [4.78, 5) is 26.8. The largest absolute Gasteiger partial charge is 0.342 e. The first-order chi connectivity index (χ1) is 9.51. The Labute approximate surface area is 126 Å². The maximum Gasteiger partial charge on any atom is 0.248 e. The van der Waals surface area contributed by atoms with Crippen LogP contribution >= 0.6 is 11.8 Å². The molecule has 0 aromatic carbocycles. The van der Waals surface area contributed by atoms with E-state index in [0.29, 0.717) is 30.7 Å². The highest BCUT2D eigenvalue weighted by atomic mass is 32.2. The molecular weight excluding hydrogens is 272 g/mol. The van der Waals surface area contributed by atoms with Crippen molar-refractivity contribution in [1.82, 2.24) is 10.2 Å². The Balaban J connectivity index is 2.24. The maximum atomic E-state index is 12.9. The van der Waals surface area contributed by atoms with Gasteiger partial charge in [0.15, 0.2) is 0 Å². The van der Waals surface area contributed by atoms with Gasteiger partial charge in [0.05, 0.1) is 0 Å². The van der Waals surface area contributed by atoms with Crippen LogP contribution in [0.3, 0.4) is 0 Å². The Bertz CT molecular complexity index is 388. The Morgan fingerprint density at radius 2 is 2.05 bits per heavy atom. The zero-order valence-corrected chi connectivity index (χ0v) is 13.6. The van der Waals surface area contributed by atoms with Crippen LogP contribution in [0, 0.1) is 0 Å². The van der Waals surface area contributed by atoms with E-state index in [0.717, 1.165) is 6.42 Å². The van der Waals surface area contributed by atoms with Crippen molar-refractivity contribution < 1.29 is 9.59 Å². The lowest BCUT2D eigenvalue weighted by molar-refractivity contribution is -0.140. The summed E-state index contributed by atoms with van der Waals surface area (Å²) >= 11 is 1.87. The summed E-state index contributed by atoms with van der Waals surface area (Å²) in [5, 5.41) is 3.44. The molecule has 3 unspecified atom stereocenters. The number of amides is 2. The van der Waals surface area contributed by atoms with E-state index in [4.69, 9.17) is 0 Å². The van der Waals surface area contributed by atoms with Crippen molar-refractivity contribution in [3.05, 3.63) is 0 Å². The van der Waals surface area contributed by atoms with Gasteiger partial charge in [-0.15, -0.1) is 0 Å². The minimum atomic E-state index is -0.728. The fourth-order valence-corrected chi connectivity index (χ4v) is 4.33. The number of nitrogens with zero attached hydrogens (tertiary/aromatic N) is 1. The van der Waals surface area contributed by atoms with E-state index in [9.17, 15) is 9.59 Å². The zero-order chi connectivity index (χ0) is 14.8. The van der Waals surface area contributed by atoms with Gasteiger partial charge in [-0.2, -0.15) is 11.8 Å². The summed E-state index contributed by atoms with van der Waals surface area (Å²) in [6.45, 7) is 4.40. The number of carbonyl (C=O) groups is 2. The van der Waals surface area contributed by atoms with Gasteiger partial charge in [-0.3, -0.25) is 9.59 Å². The van der Waals surface area contributed by atoms with Crippen LogP contribution < -0.4 is 5.32 Å². The molecule has 1 aliphatic carbocycles. The van der Waals surface area contributed by atoms with Gasteiger partial charge in [-0.25, -0.2) is 0 Å². The van der Waals surface area contributed by atoms with Crippen LogP contribution in [0.15, 0.2) is 0 Å². The second-order valence-corrected chi connectivity index (χ2v) is 7.19. The predicted octanol–water partition coefficient (Wildman–Crippen LogP) is 2.18. The third kappa shape index (κ3) is 2.97. The van der Waals surface area contributed by atoms with Crippen molar-refractivity contribution in [1.29, 1.82) is 0 Å². The second-order valence-electron chi connectivity index (χ2n) is 6.11. The standard InChI is InChI=1S/C15H26N2O2S/c1-4-15(2)14(19)17(10-9-13(18)16-15)11-7-5-6-8-12(11)20-3/h11-12H,4-10H2,1-3H3,(H,16,18). The number of rotatable bonds is 3. The predicted molar refractivity (Wildman–Crippen MR) is 82.7 cm³/mol. The third-order valence-corrected chi connectivity index (χ3v) is 5.96. The molecule has 0 aromatic heterocycles. The van der Waals surface area contributed by atoms with Gasteiger partial charge in [0.1, 0.15) is 5.54 Å². The molecule has 2 fully saturated rings. The molecule has 0 radical (unpaired) electrons. The molecule has 0 bridgehead atoms. The molecule has 1 aliphatic heterocycles. The quantitative estimate of drug-likeness (QED) is 0.869. The first-order valence-corrected chi connectivity index (χ1v) is 8.95. The molecule has 0 aromatic rings. The van der Waals surface area contributed by atoms with Crippen molar-refractivity contribution >= 4 is 23.6 Å². The number of carbonyl (C=O) groups excluding carboxylic acids is 2. The summed E-state index contributed by atoms with van der Waals surface area (Å²) in [7, 11) is 0. The van der Waals surface area contributed by atoms with E-state index >= 15 is 0 Å². The normalized spacial score (nSPS) is 35.6. The average molecular weight is 298 g/mol. The molecule has 0 spiro atoms. The van der Waals surface area contributed by atoms with Crippen molar-refractivity contribution in [2.24, 2.45) is 0 Å². The van der Waals surface area contributed by atoms with Crippen LogP contribution in [-0.2, 0) is 9.59 Å². The summed E-state index contributed by atoms with van der Waals surface area (Å²) in [6, 6.07) is 0.296. The van der Waals surface area contributed by atoms with Crippen LogP contribution in [-0.4, -0.2) is 46.3 Å². The lowest BCUT2D eigenvalue weighted by Gasteiger charge is -2.41. The van der Waals surface area contributed by atoms with E-state index in [1.54, 1.807) is 0 Å². The maximum absolute atomic E-state index is 12.9.